The van der Waals surface area contributed by atoms with Crippen molar-refractivity contribution in [3.63, 3.8) is 0 Å². The molecule has 0 spiro atoms. The average molecular weight is 233 g/mol. The highest BCUT2D eigenvalue weighted by atomic mass is 16.7. The van der Waals surface area contributed by atoms with Gasteiger partial charge in [-0.2, -0.15) is 0 Å². The molecule has 1 aliphatic heterocycles. The van der Waals surface area contributed by atoms with E-state index < -0.39 is 0 Å². The molecule has 0 bridgehead atoms. The van der Waals surface area contributed by atoms with Crippen LogP contribution in [0, 0.1) is 0 Å². The first-order valence-electron chi connectivity index (χ1n) is 6.54. The van der Waals surface area contributed by atoms with Crippen LogP contribution in [0.4, 0.5) is 0 Å². The van der Waals surface area contributed by atoms with Gasteiger partial charge in [-0.1, -0.05) is 18.9 Å². The smallest absolute Gasteiger partial charge is 0.231 e. The zero-order chi connectivity index (χ0) is 11.5. The van der Waals surface area contributed by atoms with Crippen molar-refractivity contribution in [3.05, 3.63) is 23.8 Å². The Morgan fingerprint density at radius 1 is 1.12 bits per heavy atom. The van der Waals surface area contributed by atoms with Crippen LogP contribution in [0.3, 0.4) is 0 Å². The molecule has 3 nitrogen and oxygen atoms in total. The molecule has 1 aromatic rings. The maximum atomic E-state index is 5.38. The first kappa shape index (κ1) is 10.9. The summed E-state index contributed by atoms with van der Waals surface area (Å²) in [6.07, 6.45) is 6.54. The molecular formula is C14H19NO2. The number of fused-ring (bicyclic) bond motifs is 1. The van der Waals surface area contributed by atoms with Gasteiger partial charge in [0.1, 0.15) is 0 Å². The fourth-order valence-electron chi connectivity index (χ4n) is 2.65. The summed E-state index contributed by atoms with van der Waals surface area (Å²) in [7, 11) is 0. The van der Waals surface area contributed by atoms with E-state index in [0.717, 1.165) is 30.5 Å². The van der Waals surface area contributed by atoms with Crippen LogP contribution in [0.1, 0.15) is 31.2 Å². The van der Waals surface area contributed by atoms with E-state index in [-0.39, 0.29) is 0 Å². The van der Waals surface area contributed by atoms with E-state index in [9.17, 15) is 0 Å². The predicted octanol–water partition coefficient (Wildman–Crippen LogP) is 2.49. The maximum absolute atomic E-state index is 5.38. The number of nitrogens with one attached hydrogen (secondary N) is 1. The van der Waals surface area contributed by atoms with Gasteiger partial charge in [0.15, 0.2) is 11.5 Å². The highest BCUT2D eigenvalue weighted by Crippen LogP contribution is 2.32. The van der Waals surface area contributed by atoms with Crippen LogP contribution in [-0.2, 0) is 6.42 Å². The number of hydrogen-bond acceptors (Lipinski definition) is 3. The van der Waals surface area contributed by atoms with E-state index in [1.54, 1.807) is 0 Å². The van der Waals surface area contributed by atoms with Crippen molar-refractivity contribution >= 4 is 0 Å². The average Bonchev–Trinajstić information content (AvgIpc) is 2.98. The van der Waals surface area contributed by atoms with Gasteiger partial charge < -0.3 is 14.8 Å². The van der Waals surface area contributed by atoms with E-state index in [1.165, 1.54) is 31.2 Å². The summed E-state index contributed by atoms with van der Waals surface area (Å²) in [5.74, 6) is 1.76. The molecule has 92 valence electrons. The molecular weight excluding hydrogens is 214 g/mol. The lowest BCUT2D eigenvalue weighted by Crippen LogP contribution is -2.27. The summed E-state index contributed by atoms with van der Waals surface area (Å²) in [6, 6.07) is 6.99. The predicted molar refractivity (Wildman–Crippen MR) is 66.5 cm³/mol. The monoisotopic (exact) mass is 233 g/mol. The second-order valence-electron chi connectivity index (χ2n) is 4.87. The van der Waals surface area contributed by atoms with Crippen LogP contribution < -0.4 is 14.8 Å². The zero-order valence-corrected chi connectivity index (χ0v) is 10.1. The molecule has 1 aliphatic carbocycles. The Hall–Kier alpha value is -1.22. The van der Waals surface area contributed by atoms with Crippen LogP contribution >= 0.6 is 0 Å². The van der Waals surface area contributed by atoms with Crippen molar-refractivity contribution < 1.29 is 9.47 Å². The summed E-state index contributed by atoms with van der Waals surface area (Å²) in [4.78, 5) is 0. The van der Waals surface area contributed by atoms with E-state index in [1.807, 2.05) is 6.07 Å². The summed E-state index contributed by atoms with van der Waals surface area (Å²) < 4.78 is 10.7. The van der Waals surface area contributed by atoms with Gasteiger partial charge in [0, 0.05) is 6.04 Å². The molecule has 2 aliphatic rings. The van der Waals surface area contributed by atoms with Crippen LogP contribution in [-0.4, -0.2) is 19.4 Å². The van der Waals surface area contributed by atoms with Crippen LogP contribution in [0.15, 0.2) is 18.2 Å². The lowest BCUT2D eigenvalue weighted by atomic mass is 10.1. The molecule has 0 saturated heterocycles. The van der Waals surface area contributed by atoms with Gasteiger partial charge in [-0.3, -0.25) is 0 Å². The largest absolute Gasteiger partial charge is 0.454 e. The summed E-state index contributed by atoms with van der Waals surface area (Å²) in [5.41, 5.74) is 1.32. The van der Waals surface area contributed by atoms with Crippen molar-refractivity contribution in [2.24, 2.45) is 0 Å². The third kappa shape index (κ3) is 2.55. The standard InChI is InChI=1S/C14H19NO2/c1-2-4-12(3-1)15-8-7-11-5-6-13-14(9-11)17-10-16-13/h5-6,9,12,15H,1-4,7-8,10H2. The molecule has 0 aromatic heterocycles. The Morgan fingerprint density at radius 2 is 1.94 bits per heavy atom. The maximum Gasteiger partial charge on any atom is 0.231 e. The molecule has 0 amide bonds. The van der Waals surface area contributed by atoms with Crippen molar-refractivity contribution in [3.8, 4) is 11.5 Å². The minimum absolute atomic E-state index is 0.360. The van der Waals surface area contributed by atoms with Crippen LogP contribution in [0.2, 0.25) is 0 Å². The second kappa shape index (κ2) is 4.96. The molecule has 1 N–H and O–H groups in total. The quantitative estimate of drug-likeness (QED) is 0.866. The molecule has 0 unspecified atom stereocenters. The highest BCUT2D eigenvalue weighted by Gasteiger charge is 2.15. The summed E-state index contributed by atoms with van der Waals surface area (Å²) in [6.45, 7) is 1.42. The van der Waals surface area contributed by atoms with E-state index in [4.69, 9.17) is 9.47 Å². The number of benzene rings is 1. The van der Waals surface area contributed by atoms with Crippen molar-refractivity contribution in [1.29, 1.82) is 0 Å². The third-order valence-corrected chi connectivity index (χ3v) is 3.64. The van der Waals surface area contributed by atoms with Gasteiger partial charge in [0.2, 0.25) is 6.79 Å². The van der Waals surface area contributed by atoms with Crippen molar-refractivity contribution in [2.45, 2.75) is 38.1 Å². The number of hydrogen-bond donors (Lipinski definition) is 1. The Bertz CT molecular complexity index is 386. The Balaban J connectivity index is 1.51. The lowest BCUT2D eigenvalue weighted by molar-refractivity contribution is 0.174. The minimum Gasteiger partial charge on any atom is -0.454 e. The van der Waals surface area contributed by atoms with Crippen LogP contribution in [0.5, 0.6) is 11.5 Å². The molecule has 1 aromatic carbocycles. The van der Waals surface area contributed by atoms with Crippen molar-refractivity contribution in [1.82, 2.24) is 5.32 Å². The van der Waals surface area contributed by atoms with E-state index >= 15 is 0 Å². The number of rotatable bonds is 4. The highest BCUT2D eigenvalue weighted by molar-refractivity contribution is 5.44. The van der Waals surface area contributed by atoms with Gasteiger partial charge in [-0.05, 0) is 43.5 Å². The van der Waals surface area contributed by atoms with Gasteiger partial charge in [-0.15, -0.1) is 0 Å². The summed E-state index contributed by atoms with van der Waals surface area (Å²) >= 11 is 0. The number of ether oxygens (including phenoxy) is 2. The van der Waals surface area contributed by atoms with Crippen LogP contribution in [0.25, 0.3) is 0 Å². The molecule has 3 heteroatoms. The zero-order valence-electron chi connectivity index (χ0n) is 10.1. The Morgan fingerprint density at radius 3 is 2.82 bits per heavy atom. The fraction of sp³-hybridized carbons (Fsp3) is 0.571. The molecule has 1 heterocycles. The third-order valence-electron chi connectivity index (χ3n) is 3.64. The lowest BCUT2D eigenvalue weighted by Gasteiger charge is -2.11. The SMILES string of the molecule is c1cc2c(cc1CCNC1CCCC1)OCO2. The molecule has 17 heavy (non-hydrogen) atoms. The van der Waals surface area contributed by atoms with E-state index in [0.29, 0.717) is 6.79 Å². The summed E-state index contributed by atoms with van der Waals surface area (Å²) in [5, 5.41) is 3.63. The molecule has 1 saturated carbocycles. The van der Waals surface area contributed by atoms with Gasteiger partial charge >= 0.3 is 0 Å². The van der Waals surface area contributed by atoms with Gasteiger partial charge in [-0.25, -0.2) is 0 Å². The van der Waals surface area contributed by atoms with Gasteiger partial charge in [0.05, 0.1) is 0 Å². The second-order valence-corrected chi connectivity index (χ2v) is 4.87. The van der Waals surface area contributed by atoms with Gasteiger partial charge in [0.25, 0.3) is 0 Å². The first-order chi connectivity index (χ1) is 8.42. The first-order valence-corrected chi connectivity index (χ1v) is 6.54. The molecule has 3 rings (SSSR count). The Labute approximate surface area is 102 Å². The normalized spacial score (nSPS) is 18.8. The molecule has 0 atom stereocenters. The topological polar surface area (TPSA) is 30.5 Å². The van der Waals surface area contributed by atoms with Crippen molar-refractivity contribution in [2.75, 3.05) is 13.3 Å². The van der Waals surface area contributed by atoms with E-state index in [2.05, 4.69) is 17.4 Å². The minimum atomic E-state index is 0.360. The Kier molecular flexibility index (Phi) is 3.18. The molecule has 0 radical (unpaired) electrons. The molecule has 1 fully saturated rings. The fourth-order valence-corrected chi connectivity index (χ4v) is 2.65.